The molecule has 0 aliphatic rings. The number of aliphatic hydroxyl groups excluding tert-OH is 1. The van der Waals surface area contributed by atoms with Gasteiger partial charge in [-0.15, -0.1) is 5.10 Å². The molecule has 6 nitrogen and oxygen atoms in total. The SMILES string of the molecule is CN(C)c1c(Cl)cccc1NCc1cn(CCO)nn1. The molecule has 0 aliphatic carbocycles. The Labute approximate surface area is 123 Å². The summed E-state index contributed by atoms with van der Waals surface area (Å²) in [4.78, 5) is 1.97. The lowest BCUT2D eigenvalue weighted by Gasteiger charge is -2.19. The Balaban J connectivity index is 2.08. The van der Waals surface area contributed by atoms with E-state index in [0.29, 0.717) is 18.1 Å². The van der Waals surface area contributed by atoms with Gasteiger partial charge in [0.05, 0.1) is 42.3 Å². The van der Waals surface area contributed by atoms with Crippen LogP contribution in [0.4, 0.5) is 11.4 Å². The number of aliphatic hydroxyl groups is 1. The molecule has 2 aromatic rings. The minimum atomic E-state index is 0.0509. The molecule has 20 heavy (non-hydrogen) atoms. The van der Waals surface area contributed by atoms with Crippen molar-refractivity contribution in [1.82, 2.24) is 15.0 Å². The molecule has 1 heterocycles. The summed E-state index contributed by atoms with van der Waals surface area (Å²) < 4.78 is 1.61. The highest BCUT2D eigenvalue weighted by Crippen LogP contribution is 2.32. The lowest BCUT2D eigenvalue weighted by atomic mass is 10.2. The van der Waals surface area contributed by atoms with Gasteiger partial charge in [0.1, 0.15) is 5.69 Å². The maximum Gasteiger partial charge on any atom is 0.102 e. The maximum atomic E-state index is 8.84. The van der Waals surface area contributed by atoms with Gasteiger partial charge in [0.15, 0.2) is 0 Å². The number of rotatable bonds is 6. The molecule has 7 heteroatoms. The Morgan fingerprint density at radius 2 is 2.20 bits per heavy atom. The first kappa shape index (κ1) is 14.6. The zero-order valence-electron chi connectivity index (χ0n) is 11.5. The third kappa shape index (κ3) is 3.40. The molecule has 0 saturated heterocycles. The molecule has 0 fully saturated rings. The van der Waals surface area contributed by atoms with Crippen molar-refractivity contribution in [3.8, 4) is 0 Å². The van der Waals surface area contributed by atoms with Crippen LogP contribution in [-0.2, 0) is 13.1 Å². The molecule has 0 radical (unpaired) electrons. The summed E-state index contributed by atoms with van der Waals surface area (Å²) in [5.41, 5.74) is 2.69. The van der Waals surface area contributed by atoms with Crippen LogP contribution in [0.1, 0.15) is 5.69 Å². The Kier molecular flexibility index (Phi) is 4.81. The molecular formula is C13H18ClN5O. The number of hydrogen-bond donors (Lipinski definition) is 2. The van der Waals surface area contributed by atoms with Gasteiger partial charge < -0.3 is 15.3 Å². The van der Waals surface area contributed by atoms with Crippen molar-refractivity contribution in [3.05, 3.63) is 35.1 Å². The summed E-state index contributed by atoms with van der Waals surface area (Å²) in [6.07, 6.45) is 1.81. The summed E-state index contributed by atoms with van der Waals surface area (Å²) in [5.74, 6) is 0. The van der Waals surface area contributed by atoms with E-state index in [9.17, 15) is 0 Å². The third-order valence-corrected chi connectivity index (χ3v) is 3.11. The van der Waals surface area contributed by atoms with Crippen LogP contribution in [0.2, 0.25) is 5.02 Å². The van der Waals surface area contributed by atoms with E-state index in [1.165, 1.54) is 0 Å². The molecule has 0 saturated carbocycles. The standard InChI is InChI=1S/C13H18ClN5O/c1-18(2)13-11(14)4-3-5-12(13)15-8-10-9-19(6-7-20)17-16-10/h3-5,9,15,20H,6-8H2,1-2H3. The van der Waals surface area contributed by atoms with Crippen molar-refractivity contribution >= 4 is 23.0 Å². The molecule has 108 valence electrons. The van der Waals surface area contributed by atoms with Gasteiger partial charge in [-0.05, 0) is 12.1 Å². The van der Waals surface area contributed by atoms with E-state index in [2.05, 4.69) is 15.6 Å². The van der Waals surface area contributed by atoms with Crippen LogP contribution in [0.25, 0.3) is 0 Å². The van der Waals surface area contributed by atoms with Crippen molar-refractivity contribution < 1.29 is 5.11 Å². The number of para-hydroxylation sites is 1. The third-order valence-electron chi connectivity index (χ3n) is 2.81. The minimum Gasteiger partial charge on any atom is -0.394 e. The molecule has 0 spiro atoms. The maximum absolute atomic E-state index is 8.84. The zero-order chi connectivity index (χ0) is 14.5. The fraction of sp³-hybridized carbons (Fsp3) is 0.385. The highest BCUT2D eigenvalue weighted by atomic mass is 35.5. The molecule has 0 unspecified atom stereocenters. The van der Waals surface area contributed by atoms with E-state index >= 15 is 0 Å². The van der Waals surface area contributed by atoms with Gasteiger partial charge in [0.2, 0.25) is 0 Å². The van der Waals surface area contributed by atoms with Crippen LogP contribution in [0.15, 0.2) is 24.4 Å². The number of nitrogens with one attached hydrogen (secondary N) is 1. The number of aromatic nitrogens is 3. The largest absolute Gasteiger partial charge is 0.394 e. The van der Waals surface area contributed by atoms with E-state index in [1.54, 1.807) is 4.68 Å². The molecule has 1 aromatic heterocycles. The molecule has 2 N–H and O–H groups in total. The number of halogens is 1. The van der Waals surface area contributed by atoms with Crippen LogP contribution in [0, 0.1) is 0 Å². The zero-order valence-corrected chi connectivity index (χ0v) is 12.3. The predicted molar refractivity (Wildman–Crippen MR) is 80.2 cm³/mol. The van der Waals surface area contributed by atoms with Crippen LogP contribution >= 0.6 is 11.6 Å². The second-order valence-electron chi connectivity index (χ2n) is 4.58. The van der Waals surface area contributed by atoms with E-state index in [1.807, 2.05) is 43.4 Å². The quantitative estimate of drug-likeness (QED) is 0.847. The van der Waals surface area contributed by atoms with Gasteiger partial charge in [-0.3, -0.25) is 0 Å². The highest BCUT2D eigenvalue weighted by molar-refractivity contribution is 6.34. The fourth-order valence-corrected chi connectivity index (χ4v) is 2.27. The average molecular weight is 296 g/mol. The van der Waals surface area contributed by atoms with Crippen molar-refractivity contribution in [2.75, 3.05) is 30.9 Å². The first-order valence-corrected chi connectivity index (χ1v) is 6.69. The van der Waals surface area contributed by atoms with Crippen molar-refractivity contribution in [2.45, 2.75) is 13.1 Å². The number of anilines is 2. The molecule has 0 bridgehead atoms. The molecule has 0 atom stereocenters. The topological polar surface area (TPSA) is 66.2 Å². The smallest absolute Gasteiger partial charge is 0.102 e. The van der Waals surface area contributed by atoms with Gasteiger partial charge in [-0.2, -0.15) is 0 Å². The Morgan fingerprint density at radius 3 is 2.90 bits per heavy atom. The predicted octanol–water partition coefficient (Wildman–Crippen LogP) is 1.60. The fourth-order valence-electron chi connectivity index (χ4n) is 1.93. The van der Waals surface area contributed by atoms with E-state index in [0.717, 1.165) is 17.1 Å². The summed E-state index contributed by atoms with van der Waals surface area (Å²) >= 11 is 6.21. The Morgan fingerprint density at radius 1 is 1.40 bits per heavy atom. The number of hydrogen-bond acceptors (Lipinski definition) is 5. The van der Waals surface area contributed by atoms with E-state index in [4.69, 9.17) is 16.7 Å². The first-order valence-electron chi connectivity index (χ1n) is 6.31. The Bertz CT molecular complexity index is 570. The second kappa shape index (κ2) is 6.58. The van der Waals surface area contributed by atoms with Gasteiger partial charge in [-0.1, -0.05) is 22.9 Å². The van der Waals surface area contributed by atoms with Gasteiger partial charge in [-0.25, -0.2) is 4.68 Å². The number of nitrogens with zero attached hydrogens (tertiary/aromatic N) is 4. The van der Waals surface area contributed by atoms with Crippen LogP contribution in [-0.4, -0.2) is 40.8 Å². The second-order valence-corrected chi connectivity index (χ2v) is 4.99. The molecule has 1 aromatic carbocycles. The lowest BCUT2D eigenvalue weighted by Crippen LogP contribution is -2.13. The highest BCUT2D eigenvalue weighted by Gasteiger charge is 2.09. The Hall–Kier alpha value is -1.79. The van der Waals surface area contributed by atoms with Gasteiger partial charge >= 0.3 is 0 Å². The average Bonchev–Trinajstić information content (AvgIpc) is 2.84. The first-order chi connectivity index (χ1) is 9.61. The van der Waals surface area contributed by atoms with Crippen LogP contribution in [0.3, 0.4) is 0 Å². The normalized spacial score (nSPS) is 10.6. The van der Waals surface area contributed by atoms with Crippen LogP contribution in [0.5, 0.6) is 0 Å². The molecule has 0 aliphatic heterocycles. The lowest BCUT2D eigenvalue weighted by molar-refractivity contribution is 0.268. The summed E-state index contributed by atoms with van der Waals surface area (Å²) in [6, 6.07) is 5.74. The minimum absolute atomic E-state index is 0.0509. The summed E-state index contributed by atoms with van der Waals surface area (Å²) in [5, 5.41) is 20.8. The monoisotopic (exact) mass is 295 g/mol. The van der Waals surface area contributed by atoms with E-state index in [-0.39, 0.29) is 6.61 Å². The van der Waals surface area contributed by atoms with Crippen LogP contribution < -0.4 is 10.2 Å². The van der Waals surface area contributed by atoms with E-state index < -0.39 is 0 Å². The van der Waals surface area contributed by atoms with Crippen molar-refractivity contribution in [3.63, 3.8) is 0 Å². The van der Waals surface area contributed by atoms with Crippen molar-refractivity contribution in [2.24, 2.45) is 0 Å². The summed E-state index contributed by atoms with van der Waals surface area (Å²) in [7, 11) is 3.90. The number of benzene rings is 1. The molecule has 0 amide bonds. The molecular weight excluding hydrogens is 278 g/mol. The van der Waals surface area contributed by atoms with Crippen molar-refractivity contribution in [1.29, 1.82) is 0 Å². The molecule has 2 rings (SSSR count). The van der Waals surface area contributed by atoms with Gasteiger partial charge in [0, 0.05) is 14.1 Å². The summed E-state index contributed by atoms with van der Waals surface area (Å²) in [6.45, 7) is 1.05. The van der Waals surface area contributed by atoms with Gasteiger partial charge in [0.25, 0.3) is 0 Å².